The van der Waals surface area contributed by atoms with E-state index in [4.69, 9.17) is 10.7 Å². The fraction of sp³-hybridized carbons (Fsp3) is 0.167. The van der Waals surface area contributed by atoms with E-state index in [1.165, 1.54) is 0 Å². The van der Waals surface area contributed by atoms with Crippen LogP contribution in [0, 0.1) is 15.9 Å². The molecule has 0 saturated heterocycles. The normalized spacial score (nSPS) is 11.8. The molecular weight excluding hydrogens is 289 g/mol. The van der Waals surface area contributed by atoms with Gasteiger partial charge in [0.15, 0.2) is 5.82 Å². The maximum Gasteiger partial charge on any atom is 0.299 e. The van der Waals surface area contributed by atoms with Gasteiger partial charge in [-0.05, 0) is 0 Å². The molecule has 0 aliphatic carbocycles. The SMILES string of the molecule is O=[N+]([O-])c1cnc(S(=O)(=O)Cl)c(F)c1C(F)F. The highest BCUT2D eigenvalue weighted by atomic mass is 35.7. The van der Waals surface area contributed by atoms with Gasteiger partial charge in [-0.25, -0.2) is 26.6 Å². The molecule has 0 radical (unpaired) electrons. The van der Waals surface area contributed by atoms with E-state index in [9.17, 15) is 31.7 Å². The predicted octanol–water partition coefficient (Wildman–Crippen LogP) is 1.99. The van der Waals surface area contributed by atoms with Crippen LogP contribution in [0.2, 0.25) is 0 Å². The minimum atomic E-state index is -4.70. The Balaban J connectivity index is 3.67. The van der Waals surface area contributed by atoms with Crippen molar-refractivity contribution >= 4 is 25.4 Å². The van der Waals surface area contributed by atoms with Crippen LogP contribution in [-0.2, 0) is 9.05 Å². The number of alkyl halides is 2. The summed E-state index contributed by atoms with van der Waals surface area (Å²) < 4.78 is 59.7. The molecule has 1 rings (SSSR count). The number of pyridine rings is 1. The first-order chi connectivity index (χ1) is 7.66. The Labute approximate surface area is 96.6 Å². The van der Waals surface area contributed by atoms with Crippen LogP contribution in [0.1, 0.15) is 12.0 Å². The number of hydrogen-bond acceptors (Lipinski definition) is 5. The third-order valence-electron chi connectivity index (χ3n) is 1.65. The van der Waals surface area contributed by atoms with Gasteiger partial charge in [0.2, 0.25) is 5.03 Å². The molecule has 0 amide bonds. The topological polar surface area (TPSA) is 90.2 Å². The zero-order valence-electron chi connectivity index (χ0n) is 7.60. The van der Waals surface area contributed by atoms with E-state index >= 15 is 0 Å². The summed E-state index contributed by atoms with van der Waals surface area (Å²) in [6, 6.07) is 0. The Morgan fingerprint density at radius 1 is 1.47 bits per heavy atom. The molecule has 0 bridgehead atoms. The maximum absolute atomic E-state index is 13.3. The van der Waals surface area contributed by atoms with Crippen molar-refractivity contribution in [3.8, 4) is 0 Å². The second-order valence-electron chi connectivity index (χ2n) is 2.67. The van der Waals surface area contributed by atoms with Crippen LogP contribution in [0.15, 0.2) is 11.2 Å². The summed E-state index contributed by atoms with van der Waals surface area (Å²) >= 11 is 0. The van der Waals surface area contributed by atoms with Crippen molar-refractivity contribution in [3.63, 3.8) is 0 Å². The van der Waals surface area contributed by atoms with Gasteiger partial charge in [0.1, 0.15) is 11.8 Å². The van der Waals surface area contributed by atoms with Crippen molar-refractivity contribution in [1.29, 1.82) is 0 Å². The first-order valence-electron chi connectivity index (χ1n) is 3.72. The van der Waals surface area contributed by atoms with E-state index in [1.54, 1.807) is 0 Å². The lowest BCUT2D eigenvalue weighted by atomic mass is 10.2. The van der Waals surface area contributed by atoms with Crippen molar-refractivity contribution in [2.45, 2.75) is 11.5 Å². The summed E-state index contributed by atoms with van der Waals surface area (Å²) in [7, 11) is 0.0256. The second kappa shape index (κ2) is 4.45. The van der Waals surface area contributed by atoms with E-state index in [1.807, 2.05) is 0 Å². The summed E-state index contributed by atoms with van der Waals surface area (Å²) in [5, 5.41) is 8.85. The molecule has 0 atom stereocenters. The number of hydrogen-bond donors (Lipinski definition) is 0. The lowest BCUT2D eigenvalue weighted by molar-refractivity contribution is -0.386. The van der Waals surface area contributed by atoms with Crippen LogP contribution in [0.3, 0.4) is 0 Å². The number of halogens is 4. The van der Waals surface area contributed by atoms with Gasteiger partial charge in [-0.2, -0.15) is 0 Å². The number of aromatic nitrogens is 1. The monoisotopic (exact) mass is 290 g/mol. The Morgan fingerprint density at radius 2 is 2.00 bits per heavy atom. The van der Waals surface area contributed by atoms with E-state index < -0.39 is 42.5 Å². The summed E-state index contributed by atoms with van der Waals surface area (Å²) in [6.07, 6.45) is -3.37. The quantitative estimate of drug-likeness (QED) is 0.482. The first-order valence-corrected chi connectivity index (χ1v) is 6.02. The molecule has 0 fully saturated rings. The zero-order chi connectivity index (χ0) is 13.4. The summed E-state index contributed by atoms with van der Waals surface area (Å²) in [6.45, 7) is 0. The molecule has 1 aromatic rings. The van der Waals surface area contributed by atoms with E-state index in [0.29, 0.717) is 0 Å². The van der Waals surface area contributed by atoms with Crippen LogP contribution in [0.4, 0.5) is 18.9 Å². The molecule has 17 heavy (non-hydrogen) atoms. The van der Waals surface area contributed by atoms with E-state index in [0.717, 1.165) is 0 Å². The van der Waals surface area contributed by atoms with Crippen LogP contribution < -0.4 is 0 Å². The largest absolute Gasteiger partial charge is 0.299 e. The third-order valence-corrected chi connectivity index (χ3v) is 2.84. The number of nitro groups is 1. The van der Waals surface area contributed by atoms with Crippen molar-refractivity contribution in [1.82, 2.24) is 4.98 Å². The highest BCUT2D eigenvalue weighted by molar-refractivity contribution is 8.13. The zero-order valence-corrected chi connectivity index (χ0v) is 9.17. The summed E-state index contributed by atoms with van der Waals surface area (Å²) in [5.74, 6) is -2.02. The van der Waals surface area contributed by atoms with Crippen LogP contribution in [0.25, 0.3) is 0 Å². The Kier molecular flexibility index (Phi) is 3.57. The average molecular weight is 291 g/mol. The van der Waals surface area contributed by atoms with Crippen molar-refractivity contribution in [2.24, 2.45) is 0 Å². The molecular formula is C6H2ClF3N2O4S. The fourth-order valence-electron chi connectivity index (χ4n) is 0.997. The standard InChI is InChI=1S/C6H2ClF3N2O4S/c7-17(15,16)6-4(8)3(5(9)10)2(1-11-6)12(13)14/h1,5H. The van der Waals surface area contributed by atoms with Gasteiger partial charge in [0, 0.05) is 10.7 Å². The summed E-state index contributed by atoms with van der Waals surface area (Å²) in [4.78, 5) is 11.9. The lowest BCUT2D eigenvalue weighted by Crippen LogP contribution is -2.07. The van der Waals surface area contributed by atoms with Crippen molar-refractivity contribution in [3.05, 3.63) is 27.7 Å². The molecule has 0 saturated carbocycles. The molecule has 6 nitrogen and oxygen atoms in total. The highest BCUT2D eigenvalue weighted by Crippen LogP contribution is 2.33. The van der Waals surface area contributed by atoms with Crippen LogP contribution in [-0.4, -0.2) is 18.3 Å². The minimum absolute atomic E-state index is 0.208. The van der Waals surface area contributed by atoms with Crippen LogP contribution in [0.5, 0.6) is 0 Å². The maximum atomic E-state index is 13.3. The molecule has 0 unspecified atom stereocenters. The van der Waals surface area contributed by atoms with Gasteiger partial charge >= 0.3 is 0 Å². The Bertz CT molecular complexity index is 577. The van der Waals surface area contributed by atoms with Gasteiger partial charge in [0.25, 0.3) is 21.2 Å². The average Bonchev–Trinajstić information content (AvgIpc) is 2.13. The Morgan fingerprint density at radius 3 is 2.35 bits per heavy atom. The summed E-state index contributed by atoms with van der Waals surface area (Å²) in [5.41, 5.74) is -2.98. The molecule has 1 aromatic heterocycles. The van der Waals surface area contributed by atoms with Gasteiger partial charge < -0.3 is 0 Å². The minimum Gasteiger partial charge on any atom is -0.258 e. The molecule has 0 spiro atoms. The van der Waals surface area contributed by atoms with Gasteiger partial charge in [-0.15, -0.1) is 0 Å². The van der Waals surface area contributed by atoms with Gasteiger partial charge in [0.05, 0.1) is 4.92 Å². The molecule has 0 aliphatic rings. The Hall–Kier alpha value is -1.42. The number of rotatable bonds is 3. The molecule has 11 heteroatoms. The van der Waals surface area contributed by atoms with Crippen molar-refractivity contribution < 1.29 is 26.5 Å². The van der Waals surface area contributed by atoms with E-state index in [-0.39, 0.29) is 6.20 Å². The molecule has 0 aromatic carbocycles. The fourth-order valence-corrected chi connectivity index (χ4v) is 1.82. The molecule has 1 heterocycles. The van der Waals surface area contributed by atoms with Gasteiger partial charge in [-0.1, -0.05) is 0 Å². The number of nitrogens with zero attached hydrogens (tertiary/aromatic N) is 2. The molecule has 94 valence electrons. The lowest BCUT2D eigenvalue weighted by Gasteiger charge is -2.05. The van der Waals surface area contributed by atoms with Crippen molar-refractivity contribution in [2.75, 3.05) is 0 Å². The second-order valence-corrected chi connectivity index (χ2v) is 5.15. The molecule has 0 aliphatic heterocycles. The smallest absolute Gasteiger partial charge is 0.258 e. The molecule has 0 N–H and O–H groups in total. The first kappa shape index (κ1) is 13.6. The van der Waals surface area contributed by atoms with Crippen LogP contribution >= 0.6 is 10.7 Å². The third kappa shape index (κ3) is 2.64. The highest BCUT2D eigenvalue weighted by Gasteiger charge is 2.32. The van der Waals surface area contributed by atoms with Gasteiger partial charge in [-0.3, -0.25) is 10.1 Å². The predicted molar refractivity (Wildman–Crippen MR) is 48.8 cm³/mol. The van der Waals surface area contributed by atoms with E-state index in [2.05, 4.69) is 4.98 Å².